The van der Waals surface area contributed by atoms with Gasteiger partial charge in [0.2, 0.25) is 0 Å². The molecule has 0 aromatic rings. The molecule has 2 N–H and O–H groups in total. The topological polar surface area (TPSA) is 58.9 Å². The van der Waals surface area contributed by atoms with E-state index in [0.717, 1.165) is 12.8 Å². The summed E-state index contributed by atoms with van der Waals surface area (Å²) in [6.07, 6.45) is 1.72. The number of hydrogen-bond acceptors (Lipinski definition) is 4. The van der Waals surface area contributed by atoms with Gasteiger partial charge in [0.1, 0.15) is 0 Å². The van der Waals surface area contributed by atoms with Crippen molar-refractivity contribution in [2.75, 3.05) is 26.9 Å². The highest BCUT2D eigenvalue weighted by atomic mass is 16.5. The Morgan fingerprint density at radius 1 is 1.20 bits per heavy atom. The standard InChI is InChI=1S/C7H16O3.C4H10O/c1-6(8)4-10-7(2)5-9-3;1-2-3-4-5/h6-8H,4-5H2,1-3H3;5H,2-4H2,1H3. The monoisotopic (exact) mass is 222 g/mol. The van der Waals surface area contributed by atoms with Gasteiger partial charge < -0.3 is 19.7 Å². The van der Waals surface area contributed by atoms with E-state index >= 15 is 0 Å². The second-order valence-corrected chi connectivity index (χ2v) is 3.53. The molecule has 0 aliphatic carbocycles. The lowest BCUT2D eigenvalue weighted by Gasteiger charge is -2.12. The highest BCUT2D eigenvalue weighted by Gasteiger charge is 2.02. The average molecular weight is 222 g/mol. The third-order valence-electron chi connectivity index (χ3n) is 1.53. The molecular formula is C11H26O4. The van der Waals surface area contributed by atoms with Crippen LogP contribution in [0.2, 0.25) is 0 Å². The number of aliphatic hydroxyl groups excluding tert-OH is 2. The van der Waals surface area contributed by atoms with Crippen molar-refractivity contribution in [1.82, 2.24) is 0 Å². The van der Waals surface area contributed by atoms with Crippen LogP contribution in [-0.4, -0.2) is 49.4 Å². The minimum atomic E-state index is -0.390. The third-order valence-corrected chi connectivity index (χ3v) is 1.53. The quantitative estimate of drug-likeness (QED) is 0.679. The number of methoxy groups -OCH3 is 1. The van der Waals surface area contributed by atoms with E-state index in [0.29, 0.717) is 19.8 Å². The van der Waals surface area contributed by atoms with Gasteiger partial charge >= 0.3 is 0 Å². The van der Waals surface area contributed by atoms with Crippen molar-refractivity contribution in [3.63, 3.8) is 0 Å². The van der Waals surface area contributed by atoms with Crippen LogP contribution in [0.4, 0.5) is 0 Å². The summed E-state index contributed by atoms with van der Waals surface area (Å²) in [4.78, 5) is 0. The molecule has 0 heterocycles. The van der Waals surface area contributed by atoms with Crippen molar-refractivity contribution in [3.8, 4) is 0 Å². The highest BCUT2D eigenvalue weighted by molar-refractivity contribution is 4.48. The van der Waals surface area contributed by atoms with Crippen LogP contribution in [0.3, 0.4) is 0 Å². The van der Waals surface area contributed by atoms with Crippen molar-refractivity contribution in [3.05, 3.63) is 0 Å². The molecule has 0 aliphatic rings. The predicted molar refractivity (Wildman–Crippen MR) is 61.0 cm³/mol. The van der Waals surface area contributed by atoms with Crippen LogP contribution in [0, 0.1) is 0 Å². The Labute approximate surface area is 93.2 Å². The largest absolute Gasteiger partial charge is 0.396 e. The first kappa shape index (κ1) is 17.2. The molecule has 0 fully saturated rings. The third kappa shape index (κ3) is 20.0. The van der Waals surface area contributed by atoms with Gasteiger partial charge in [-0.15, -0.1) is 0 Å². The molecule has 4 nitrogen and oxygen atoms in total. The number of unbranched alkanes of at least 4 members (excludes halogenated alkanes) is 1. The van der Waals surface area contributed by atoms with Gasteiger partial charge in [-0.2, -0.15) is 0 Å². The summed E-state index contributed by atoms with van der Waals surface area (Å²) in [6.45, 7) is 6.95. The van der Waals surface area contributed by atoms with Gasteiger partial charge in [0, 0.05) is 13.7 Å². The number of hydrogen-bond donors (Lipinski definition) is 2. The van der Waals surface area contributed by atoms with Crippen molar-refractivity contribution in [2.24, 2.45) is 0 Å². The summed E-state index contributed by atoms with van der Waals surface area (Å²) in [5.74, 6) is 0. The smallest absolute Gasteiger partial charge is 0.0781 e. The van der Waals surface area contributed by atoms with Crippen LogP contribution in [0.1, 0.15) is 33.6 Å². The molecule has 4 heteroatoms. The number of rotatable bonds is 7. The van der Waals surface area contributed by atoms with Crippen LogP contribution in [0.5, 0.6) is 0 Å². The zero-order chi connectivity index (χ0) is 12.1. The molecule has 15 heavy (non-hydrogen) atoms. The molecule has 94 valence electrons. The fraction of sp³-hybridized carbons (Fsp3) is 1.00. The second kappa shape index (κ2) is 13.8. The van der Waals surface area contributed by atoms with E-state index in [9.17, 15) is 0 Å². The molecule has 0 radical (unpaired) electrons. The second-order valence-electron chi connectivity index (χ2n) is 3.53. The van der Waals surface area contributed by atoms with Crippen molar-refractivity contribution in [1.29, 1.82) is 0 Å². The molecule has 0 saturated carbocycles. The Balaban J connectivity index is 0. The molecule has 2 unspecified atom stereocenters. The Morgan fingerprint density at radius 3 is 2.07 bits per heavy atom. The summed E-state index contributed by atoms with van der Waals surface area (Å²) in [7, 11) is 1.63. The number of aliphatic hydroxyl groups is 2. The summed E-state index contributed by atoms with van der Waals surface area (Å²) < 4.78 is 10.00. The molecule has 0 spiro atoms. The highest BCUT2D eigenvalue weighted by Crippen LogP contribution is 1.92. The summed E-state index contributed by atoms with van der Waals surface area (Å²) >= 11 is 0. The van der Waals surface area contributed by atoms with Gasteiger partial charge in [0.25, 0.3) is 0 Å². The zero-order valence-electron chi connectivity index (χ0n) is 10.4. The lowest BCUT2D eigenvalue weighted by molar-refractivity contribution is -0.0268. The average Bonchev–Trinajstić information content (AvgIpc) is 2.17. The maximum absolute atomic E-state index is 8.80. The normalized spacial score (nSPS) is 14.0. The van der Waals surface area contributed by atoms with Crippen LogP contribution in [-0.2, 0) is 9.47 Å². The first-order chi connectivity index (χ1) is 7.08. The Bertz CT molecular complexity index is 105. The van der Waals surface area contributed by atoms with E-state index in [2.05, 4.69) is 6.92 Å². The fourth-order valence-corrected chi connectivity index (χ4v) is 0.744. The maximum Gasteiger partial charge on any atom is 0.0781 e. The molecular weight excluding hydrogens is 196 g/mol. The van der Waals surface area contributed by atoms with E-state index < -0.39 is 0 Å². The fourth-order valence-electron chi connectivity index (χ4n) is 0.744. The first-order valence-electron chi connectivity index (χ1n) is 5.47. The maximum atomic E-state index is 8.80. The van der Waals surface area contributed by atoms with E-state index in [1.807, 2.05) is 6.92 Å². The van der Waals surface area contributed by atoms with Crippen molar-refractivity contribution < 1.29 is 19.7 Å². The summed E-state index contributed by atoms with van der Waals surface area (Å²) in [5, 5.41) is 16.9. The summed E-state index contributed by atoms with van der Waals surface area (Å²) in [5.41, 5.74) is 0. The summed E-state index contributed by atoms with van der Waals surface area (Å²) in [6, 6.07) is 0. The predicted octanol–water partition coefficient (Wildman–Crippen LogP) is 1.20. The van der Waals surface area contributed by atoms with Gasteiger partial charge in [-0.05, 0) is 20.3 Å². The van der Waals surface area contributed by atoms with E-state index in [4.69, 9.17) is 19.7 Å². The van der Waals surface area contributed by atoms with Gasteiger partial charge in [-0.25, -0.2) is 0 Å². The van der Waals surface area contributed by atoms with E-state index in [-0.39, 0.29) is 12.2 Å². The lowest BCUT2D eigenvalue weighted by Crippen LogP contribution is -2.20. The molecule has 0 aliphatic heterocycles. The molecule has 0 rings (SSSR count). The Kier molecular flexibility index (Phi) is 15.9. The van der Waals surface area contributed by atoms with Gasteiger partial charge in [-0.3, -0.25) is 0 Å². The van der Waals surface area contributed by atoms with Crippen LogP contribution < -0.4 is 0 Å². The molecule has 0 aromatic heterocycles. The minimum absolute atomic E-state index is 0.0691. The first-order valence-corrected chi connectivity index (χ1v) is 5.47. The minimum Gasteiger partial charge on any atom is -0.396 e. The van der Waals surface area contributed by atoms with E-state index in [1.165, 1.54) is 0 Å². The lowest BCUT2D eigenvalue weighted by atomic mass is 10.4. The zero-order valence-corrected chi connectivity index (χ0v) is 10.4. The molecule has 0 amide bonds. The van der Waals surface area contributed by atoms with Crippen LogP contribution in [0.15, 0.2) is 0 Å². The van der Waals surface area contributed by atoms with Crippen LogP contribution >= 0.6 is 0 Å². The van der Waals surface area contributed by atoms with Gasteiger partial charge in [-0.1, -0.05) is 13.3 Å². The van der Waals surface area contributed by atoms with Gasteiger partial charge in [0.15, 0.2) is 0 Å². The van der Waals surface area contributed by atoms with E-state index in [1.54, 1.807) is 14.0 Å². The number of ether oxygens (including phenoxy) is 2. The van der Waals surface area contributed by atoms with Crippen molar-refractivity contribution in [2.45, 2.75) is 45.8 Å². The molecule has 0 aromatic carbocycles. The SMILES string of the molecule is CCCCO.COCC(C)OCC(C)O. The Hall–Kier alpha value is -0.160. The van der Waals surface area contributed by atoms with Crippen molar-refractivity contribution >= 4 is 0 Å². The van der Waals surface area contributed by atoms with Gasteiger partial charge in [0.05, 0.1) is 25.4 Å². The molecule has 0 bridgehead atoms. The van der Waals surface area contributed by atoms with Crippen LogP contribution in [0.25, 0.3) is 0 Å². The molecule has 0 saturated heterocycles. The molecule has 2 atom stereocenters. The Morgan fingerprint density at radius 2 is 1.80 bits per heavy atom.